The van der Waals surface area contributed by atoms with E-state index < -0.39 is 5.82 Å². The fourth-order valence-corrected chi connectivity index (χ4v) is 2.26. The predicted octanol–water partition coefficient (Wildman–Crippen LogP) is 2.83. The van der Waals surface area contributed by atoms with Crippen LogP contribution in [-0.2, 0) is 0 Å². The number of hydrogen-bond donors (Lipinski definition) is 0. The van der Waals surface area contributed by atoms with E-state index in [4.69, 9.17) is 0 Å². The highest BCUT2D eigenvalue weighted by Gasteiger charge is 2.11. The summed E-state index contributed by atoms with van der Waals surface area (Å²) in [5.41, 5.74) is 1.02. The van der Waals surface area contributed by atoms with Crippen LogP contribution >= 0.6 is 0 Å². The van der Waals surface area contributed by atoms with Gasteiger partial charge in [0.15, 0.2) is 0 Å². The average molecular weight is 254 g/mol. The topological polar surface area (TPSA) is 34.9 Å². The zero-order valence-electron chi connectivity index (χ0n) is 10.3. The van der Waals surface area contributed by atoms with Crippen molar-refractivity contribution in [2.75, 3.05) is 0 Å². The molecule has 3 nitrogen and oxygen atoms in total. The number of rotatable bonds is 1. The molecule has 19 heavy (non-hydrogen) atoms. The summed E-state index contributed by atoms with van der Waals surface area (Å²) >= 11 is 0. The fourth-order valence-electron chi connectivity index (χ4n) is 2.26. The second-order valence-electron chi connectivity index (χ2n) is 4.34. The van der Waals surface area contributed by atoms with Crippen molar-refractivity contribution in [2.24, 2.45) is 0 Å². The number of fused-ring (bicyclic) bond motifs is 1. The molecule has 2 heterocycles. The smallest absolute Gasteiger partial charge is 0.266 e. The van der Waals surface area contributed by atoms with Gasteiger partial charge in [0.2, 0.25) is 0 Å². The zero-order valence-corrected chi connectivity index (χ0v) is 10.3. The SMILES string of the molecule is Cc1cc2cccc(F)c2c(=O)n1-c1cccnc1. The molecule has 4 heteroatoms. The van der Waals surface area contributed by atoms with Crippen LogP contribution in [0.4, 0.5) is 4.39 Å². The molecule has 0 unspecified atom stereocenters. The minimum Gasteiger partial charge on any atom is -0.279 e. The van der Waals surface area contributed by atoms with E-state index in [0.717, 1.165) is 5.69 Å². The summed E-state index contributed by atoms with van der Waals surface area (Å²) in [4.78, 5) is 16.5. The molecule has 0 radical (unpaired) electrons. The van der Waals surface area contributed by atoms with Gasteiger partial charge in [0, 0.05) is 11.9 Å². The number of benzene rings is 1. The second kappa shape index (κ2) is 4.31. The van der Waals surface area contributed by atoms with Crippen LogP contribution in [0.1, 0.15) is 5.69 Å². The van der Waals surface area contributed by atoms with E-state index in [2.05, 4.69) is 4.98 Å². The normalized spacial score (nSPS) is 10.8. The molecule has 0 aliphatic rings. The Hall–Kier alpha value is -2.49. The maximum Gasteiger partial charge on any atom is 0.266 e. The lowest BCUT2D eigenvalue weighted by atomic mass is 10.1. The molecule has 0 N–H and O–H groups in total. The van der Waals surface area contributed by atoms with E-state index in [1.807, 2.05) is 6.92 Å². The Kier molecular flexibility index (Phi) is 2.63. The van der Waals surface area contributed by atoms with E-state index in [9.17, 15) is 9.18 Å². The van der Waals surface area contributed by atoms with Crippen molar-refractivity contribution in [3.8, 4) is 5.69 Å². The second-order valence-corrected chi connectivity index (χ2v) is 4.34. The van der Waals surface area contributed by atoms with Gasteiger partial charge in [-0.25, -0.2) is 4.39 Å². The maximum atomic E-state index is 13.8. The standard InChI is InChI=1S/C15H11FN2O/c1-10-8-11-4-2-6-13(16)14(11)15(19)18(10)12-5-3-7-17-9-12/h2-9H,1H3. The van der Waals surface area contributed by atoms with Gasteiger partial charge in [-0.1, -0.05) is 12.1 Å². The molecule has 3 rings (SSSR count). The molecule has 0 aliphatic carbocycles. The Labute approximate surface area is 109 Å². The molecular weight excluding hydrogens is 243 g/mol. The highest BCUT2D eigenvalue weighted by atomic mass is 19.1. The average Bonchev–Trinajstić information content (AvgIpc) is 2.39. The highest BCUT2D eigenvalue weighted by Crippen LogP contribution is 2.17. The minimum atomic E-state index is -0.500. The van der Waals surface area contributed by atoms with Crippen molar-refractivity contribution in [3.63, 3.8) is 0 Å². The third-order valence-corrected chi connectivity index (χ3v) is 3.08. The van der Waals surface area contributed by atoms with Gasteiger partial charge in [-0.2, -0.15) is 0 Å². The van der Waals surface area contributed by atoms with Crippen LogP contribution in [0.3, 0.4) is 0 Å². The van der Waals surface area contributed by atoms with Crippen molar-refractivity contribution in [1.29, 1.82) is 0 Å². The van der Waals surface area contributed by atoms with E-state index in [1.165, 1.54) is 10.6 Å². The number of pyridine rings is 2. The number of hydrogen-bond acceptors (Lipinski definition) is 2. The lowest BCUT2D eigenvalue weighted by Crippen LogP contribution is -2.21. The Morgan fingerprint density at radius 2 is 2.05 bits per heavy atom. The molecule has 0 saturated carbocycles. The van der Waals surface area contributed by atoms with Crippen molar-refractivity contribution in [2.45, 2.75) is 6.92 Å². The van der Waals surface area contributed by atoms with Crippen LogP contribution < -0.4 is 5.56 Å². The summed E-state index contributed by atoms with van der Waals surface area (Å²) in [5, 5.41) is 0.722. The molecule has 0 aliphatic heterocycles. The number of nitrogens with zero attached hydrogens (tertiary/aromatic N) is 2. The summed E-state index contributed by atoms with van der Waals surface area (Å²) in [6.07, 6.45) is 3.21. The third kappa shape index (κ3) is 1.81. The Morgan fingerprint density at radius 3 is 2.79 bits per heavy atom. The number of aromatic nitrogens is 2. The Balaban J connectivity index is 2.45. The summed E-state index contributed by atoms with van der Waals surface area (Å²) < 4.78 is 15.3. The summed E-state index contributed by atoms with van der Waals surface area (Å²) in [7, 11) is 0. The quantitative estimate of drug-likeness (QED) is 0.669. The molecule has 0 atom stereocenters. The molecule has 0 amide bonds. The van der Waals surface area contributed by atoms with Crippen LogP contribution in [0.25, 0.3) is 16.5 Å². The molecular formula is C15H11FN2O. The lowest BCUT2D eigenvalue weighted by molar-refractivity contribution is 0.637. The summed E-state index contributed by atoms with van der Waals surface area (Å²) in [6.45, 7) is 1.82. The number of halogens is 1. The predicted molar refractivity (Wildman–Crippen MR) is 72.0 cm³/mol. The van der Waals surface area contributed by atoms with Crippen molar-refractivity contribution in [3.05, 3.63) is 70.7 Å². The van der Waals surface area contributed by atoms with Crippen LogP contribution in [0.15, 0.2) is 53.6 Å². The molecule has 3 aromatic rings. The minimum absolute atomic E-state index is 0.108. The van der Waals surface area contributed by atoms with Gasteiger partial charge in [0.25, 0.3) is 5.56 Å². The first-order chi connectivity index (χ1) is 9.18. The summed E-state index contributed by atoms with van der Waals surface area (Å²) in [5.74, 6) is -0.500. The molecule has 94 valence electrons. The van der Waals surface area contributed by atoms with Gasteiger partial charge in [-0.15, -0.1) is 0 Å². The molecule has 0 bridgehead atoms. The molecule has 1 aromatic carbocycles. The first-order valence-corrected chi connectivity index (χ1v) is 5.90. The van der Waals surface area contributed by atoms with Crippen molar-refractivity contribution >= 4 is 10.8 Å². The van der Waals surface area contributed by atoms with Crippen LogP contribution in [0, 0.1) is 12.7 Å². The van der Waals surface area contributed by atoms with E-state index in [0.29, 0.717) is 11.1 Å². The monoisotopic (exact) mass is 254 g/mol. The zero-order chi connectivity index (χ0) is 13.4. The van der Waals surface area contributed by atoms with Crippen LogP contribution in [0.5, 0.6) is 0 Å². The molecule has 2 aromatic heterocycles. The Morgan fingerprint density at radius 1 is 1.21 bits per heavy atom. The van der Waals surface area contributed by atoms with Gasteiger partial charge in [-0.3, -0.25) is 14.3 Å². The first kappa shape index (κ1) is 11.6. The fraction of sp³-hybridized carbons (Fsp3) is 0.0667. The van der Waals surface area contributed by atoms with Gasteiger partial charge >= 0.3 is 0 Å². The summed E-state index contributed by atoms with van der Waals surface area (Å²) in [6, 6.07) is 9.95. The van der Waals surface area contributed by atoms with Crippen LogP contribution in [-0.4, -0.2) is 9.55 Å². The molecule has 0 fully saturated rings. The van der Waals surface area contributed by atoms with Gasteiger partial charge in [-0.05, 0) is 36.6 Å². The number of aryl methyl sites for hydroxylation is 1. The van der Waals surface area contributed by atoms with Crippen LogP contribution in [0.2, 0.25) is 0 Å². The van der Waals surface area contributed by atoms with Crippen molar-refractivity contribution < 1.29 is 4.39 Å². The third-order valence-electron chi connectivity index (χ3n) is 3.08. The maximum absolute atomic E-state index is 13.8. The lowest BCUT2D eigenvalue weighted by Gasteiger charge is -2.11. The molecule has 0 saturated heterocycles. The van der Waals surface area contributed by atoms with Gasteiger partial charge in [0.1, 0.15) is 5.82 Å². The Bertz CT molecular complexity index is 809. The highest BCUT2D eigenvalue weighted by molar-refractivity contribution is 5.82. The van der Waals surface area contributed by atoms with E-state index in [1.54, 1.807) is 42.7 Å². The molecule has 0 spiro atoms. The largest absolute Gasteiger partial charge is 0.279 e. The van der Waals surface area contributed by atoms with Gasteiger partial charge in [0.05, 0.1) is 17.3 Å². The van der Waals surface area contributed by atoms with Crippen molar-refractivity contribution in [1.82, 2.24) is 9.55 Å². The van der Waals surface area contributed by atoms with E-state index >= 15 is 0 Å². The van der Waals surface area contributed by atoms with E-state index in [-0.39, 0.29) is 10.9 Å². The van der Waals surface area contributed by atoms with Gasteiger partial charge < -0.3 is 0 Å². The first-order valence-electron chi connectivity index (χ1n) is 5.90.